The molecule has 0 bridgehead atoms. The second-order valence-corrected chi connectivity index (χ2v) is 6.28. The highest BCUT2D eigenvalue weighted by atomic mass is 16.2. The Labute approximate surface area is 142 Å². The van der Waals surface area contributed by atoms with Crippen LogP contribution in [0.15, 0.2) is 48.5 Å². The molecule has 1 aliphatic heterocycles. The second kappa shape index (κ2) is 6.87. The number of hydrogen-bond acceptors (Lipinski definition) is 2. The zero-order valence-electron chi connectivity index (χ0n) is 14.1. The Morgan fingerprint density at radius 3 is 2.42 bits per heavy atom. The summed E-state index contributed by atoms with van der Waals surface area (Å²) in [7, 11) is 0. The molecule has 3 rings (SSSR count). The molecule has 1 fully saturated rings. The van der Waals surface area contributed by atoms with E-state index >= 15 is 0 Å². The van der Waals surface area contributed by atoms with Gasteiger partial charge in [-0.05, 0) is 43.2 Å². The van der Waals surface area contributed by atoms with E-state index < -0.39 is 0 Å². The average molecular weight is 322 g/mol. The zero-order chi connectivity index (χ0) is 17.1. The van der Waals surface area contributed by atoms with E-state index in [0.717, 1.165) is 23.4 Å². The van der Waals surface area contributed by atoms with Gasteiger partial charge in [0, 0.05) is 24.3 Å². The molecular weight excluding hydrogens is 300 g/mol. The highest BCUT2D eigenvalue weighted by Crippen LogP contribution is 2.26. The smallest absolute Gasteiger partial charge is 0.229 e. The van der Waals surface area contributed by atoms with Crippen LogP contribution in [0.1, 0.15) is 24.5 Å². The first-order valence-electron chi connectivity index (χ1n) is 8.33. The summed E-state index contributed by atoms with van der Waals surface area (Å²) >= 11 is 0. The molecule has 2 aromatic rings. The van der Waals surface area contributed by atoms with Gasteiger partial charge in [-0.2, -0.15) is 0 Å². The molecule has 2 aromatic carbocycles. The fourth-order valence-electron chi connectivity index (χ4n) is 2.93. The number of amides is 2. The van der Waals surface area contributed by atoms with Crippen LogP contribution in [0, 0.1) is 12.8 Å². The summed E-state index contributed by atoms with van der Waals surface area (Å²) in [4.78, 5) is 26.4. The lowest BCUT2D eigenvalue weighted by molar-refractivity contribution is -0.122. The molecule has 0 aliphatic carbocycles. The highest BCUT2D eigenvalue weighted by molar-refractivity contribution is 6.03. The van der Waals surface area contributed by atoms with Crippen molar-refractivity contribution in [1.82, 2.24) is 0 Å². The first-order chi connectivity index (χ1) is 11.6. The van der Waals surface area contributed by atoms with Crippen molar-refractivity contribution in [3.8, 4) is 0 Å². The lowest BCUT2D eigenvalue weighted by Gasteiger charge is -2.17. The number of benzene rings is 2. The lowest BCUT2D eigenvalue weighted by Crippen LogP contribution is -2.28. The van der Waals surface area contributed by atoms with Crippen molar-refractivity contribution in [3.63, 3.8) is 0 Å². The molecule has 2 amide bonds. The van der Waals surface area contributed by atoms with E-state index in [0.29, 0.717) is 6.54 Å². The van der Waals surface area contributed by atoms with Crippen molar-refractivity contribution in [1.29, 1.82) is 0 Å². The van der Waals surface area contributed by atoms with Gasteiger partial charge in [-0.1, -0.05) is 36.8 Å². The van der Waals surface area contributed by atoms with Crippen LogP contribution < -0.4 is 10.2 Å². The van der Waals surface area contributed by atoms with E-state index in [-0.39, 0.29) is 24.2 Å². The number of nitrogens with zero attached hydrogens (tertiary/aromatic N) is 1. The summed E-state index contributed by atoms with van der Waals surface area (Å²) in [5, 5.41) is 2.92. The molecular formula is C20H22N2O2. The van der Waals surface area contributed by atoms with Gasteiger partial charge >= 0.3 is 0 Å². The Morgan fingerprint density at radius 1 is 1.12 bits per heavy atom. The molecule has 0 unspecified atom stereocenters. The molecule has 0 saturated carbocycles. The summed E-state index contributed by atoms with van der Waals surface area (Å²) in [6.07, 6.45) is 1.23. The van der Waals surface area contributed by atoms with E-state index in [9.17, 15) is 9.59 Å². The largest absolute Gasteiger partial charge is 0.326 e. The number of carbonyl (C=O) groups is 2. The van der Waals surface area contributed by atoms with Crippen LogP contribution in [-0.4, -0.2) is 18.4 Å². The Bertz CT molecular complexity index is 735. The number of nitrogens with one attached hydrogen (secondary N) is 1. The molecule has 0 radical (unpaired) electrons. The molecule has 0 spiro atoms. The maximum atomic E-state index is 12.5. The molecule has 4 heteroatoms. The molecule has 24 heavy (non-hydrogen) atoms. The summed E-state index contributed by atoms with van der Waals surface area (Å²) in [6.45, 7) is 4.54. The predicted octanol–water partition coefficient (Wildman–Crippen LogP) is 3.55. The van der Waals surface area contributed by atoms with E-state index in [2.05, 4.69) is 12.2 Å². The normalized spacial score (nSPS) is 17.2. The van der Waals surface area contributed by atoms with Crippen LogP contribution in [-0.2, 0) is 16.0 Å². The SMILES string of the molecule is CCc1ccc(NC(=O)[C@@H]2CC(=O)N(c3ccc(C)cc3)C2)cc1. The molecule has 1 heterocycles. The van der Waals surface area contributed by atoms with Gasteiger partial charge in [0.1, 0.15) is 0 Å². The maximum Gasteiger partial charge on any atom is 0.229 e. The van der Waals surface area contributed by atoms with Crippen LogP contribution in [0.4, 0.5) is 11.4 Å². The fraction of sp³-hybridized carbons (Fsp3) is 0.300. The van der Waals surface area contributed by atoms with Gasteiger partial charge in [-0.15, -0.1) is 0 Å². The molecule has 1 atom stereocenters. The van der Waals surface area contributed by atoms with Crippen molar-refractivity contribution in [2.45, 2.75) is 26.7 Å². The first-order valence-corrected chi connectivity index (χ1v) is 8.33. The minimum Gasteiger partial charge on any atom is -0.326 e. The summed E-state index contributed by atoms with van der Waals surface area (Å²) in [6, 6.07) is 15.6. The number of hydrogen-bond donors (Lipinski definition) is 1. The Hall–Kier alpha value is -2.62. The van der Waals surface area contributed by atoms with Gasteiger partial charge in [0.25, 0.3) is 0 Å². The molecule has 0 aromatic heterocycles. The van der Waals surface area contributed by atoms with E-state index in [4.69, 9.17) is 0 Å². The van der Waals surface area contributed by atoms with Crippen LogP contribution >= 0.6 is 0 Å². The zero-order valence-corrected chi connectivity index (χ0v) is 14.1. The highest BCUT2D eigenvalue weighted by Gasteiger charge is 2.35. The second-order valence-electron chi connectivity index (χ2n) is 6.28. The summed E-state index contributed by atoms with van der Waals surface area (Å²) < 4.78 is 0. The van der Waals surface area contributed by atoms with Crippen molar-refractivity contribution >= 4 is 23.2 Å². The van der Waals surface area contributed by atoms with Crippen molar-refractivity contribution in [2.24, 2.45) is 5.92 Å². The van der Waals surface area contributed by atoms with Crippen LogP contribution in [0.25, 0.3) is 0 Å². The van der Waals surface area contributed by atoms with E-state index in [1.54, 1.807) is 4.90 Å². The summed E-state index contributed by atoms with van der Waals surface area (Å²) in [5.41, 5.74) is 4.01. The average Bonchev–Trinajstić information content (AvgIpc) is 2.98. The third-order valence-electron chi connectivity index (χ3n) is 4.47. The number of rotatable bonds is 4. The summed E-state index contributed by atoms with van der Waals surface area (Å²) in [5.74, 6) is -0.410. The molecule has 1 saturated heterocycles. The maximum absolute atomic E-state index is 12.5. The molecule has 4 nitrogen and oxygen atoms in total. The van der Waals surface area contributed by atoms with Gasteiger partial charge in [0.05, 0.1) is 5.92 Å². The quantitative estimate of drug-likeness (QED) is 0.936. The van der Waals surface area contributed by atoms with Gasteiger partial charge < -0.3 is 10.2 Å². The standard InChI is InChI=1S/C20H22N2O2/c1-3-15-6-8-17(9-7-15)21-20(24)16-12-19(23)22(13-16)18-10-4-14(2)5-11-18/h4-11,16H,3,12-13H2,1-2H3,(H,21,24)/t16-/m1/s1. The van der Waals surface area contributed by atoms with Gasteiger partial charge in [0.2, 0.25) is 11.8 Å². The van der Waals surface area contributed by atoms with Crippen molar-refractivity contribution in [3.05, 3.63) is 59.7 Å². The van der Waals surface area contributed by atoms with Crippen LogP contribution in [0.5, 0.6) is 0 Å². The van der Waals surface area contributed by atoms with E-state index in [1.165, 1.54) is 5.56 Å². The monoisotopic (exact) mass is 322 g/mol. The number of carbonyl (C=O) groups excluding carboxylic acids is 2. The minimum absolute atomic E-state index is 0.000309. The van der Waals surface area contributed by atoms with Crippen molar-refractivity contribution < 1.29 is 9.59 Å². The van der Waals surface area contributed by atoms with Crippen molar-refractivity contribution in [2.75, 3.05) is 16.8 Å². The minimum atomic E-state index is -0.315. The predicted molar refractivity (Wildman–Crippen MR) is 96.1 cm³/mol. The van der Waals surface area contributed by atoms with Gasteiger partial charge in [-0.3, -0.25) is 9.59 Å². The third-order valence-corrected chi connectivity index (χ3v) is 4.47. The topological polar surface area (TPSA) is 49.4 Å². The van der Waals surface area contributed by atoms with E-state index in [1.807, 2.05) is 55.5 Å². The fourth-order valence-corrected chi connectivity index (χ4v) is 2.93. The Morgan fingerprint density at radius 2 is 1.79 bits per heavy atom. The molecule has 1 aliphatic rings. The van der Waals surface area contributed by atoms with Crippen LogP contribution in [0.2, 0.25) is 0 Å². The third kappa shape index (κ3) is 3.48. The number of aryl methyl sites for hydroxylation is 2. The lowest BCUT2D eigenvalue weighted by atomic mass is 10.1. The Balaban J connectivity index is 1.66. The Kier molecular flexibility index (Phi) is 4.65. The molecule has 1 N–H and O–H groups in total. The van der Waals surface area contributed by atoms with Gasteiger partial charge in [0.15, 0.2) is 0 Å². The van der Waals surface area contributed by atoms with Gasteiger partial charge in [-0.25, -0.2) is 0 Å². The first kappa shape index (κ1) is 16.2. The van der Waals surface area contributed by atoms with Crippen LogP contribution in [0.3, 0.4) is 0 Å². The molecule has 124 valence electrons. The number of anilines is 2.